The van der Waals surface area contributed by atoms with Crippen LogP contribution in [-0.4, -0.2) is 34.0 Å². The molecular formula is C20H19N3O2S. The number of likely N-dealkylation sites (tertiary alicyclic amines) is 1. The second-order valence-electron chi connectivity index (χ2n) is 7.12. The molecule has 1 unspecified atom stereocenters. The van der Waals surface area contributed by atoms with Gasteiger partial charge in [-0.3, -0.25) is 4.79 Å². The van der Waals surface area contributed by atoms with E-state index in [1.807, 2.05) is 40.6 Å². The smallest absolute Gasteiger partial charge is 0.267 e. The van der Waals surface area contributed by atoms with Gasteiger partial charge in [0.25, 0.3) is 5.89 Å². The van der Waals surface area contributed by atoms with Gasteiger partial charge >= 0.3 is 0 Å². The molecule has 2 aliphatic rings. The third-order valence-electron chi connectivity index (χ3n) is 5.50. The Morgan fingerprint density at radius 3 is 2.77 bits per heavy atom. The number of nitrogens with zero attached hydrogens (tertiary/aromatic N) is 3. The fourth-order valence-electron chi connectivity index (χ4n) is 3.87. The molecule has 2 fully saturated rings. The Bertz CT molecular complexity index is 916. The van der Waals surface area contributed by atoms with Gasteiger partial charge in [0.05, 0.1) is 10.3 Å². The molecule has 6 heteroatoms. The second kappa shape index (κ2) is 6.06. The minimum Gasteiger partial charge on any atom is -0.341 e. The summed E-state index contributed by atoms with van der Waals surface area (Å²) in [5, 5.41) is 6.16. The molecule has 1 aliphatic heterocycles. The first kappa shape index (κ1) is 15.8. The van der Waals surface area contributed by atoms with Crippen LogP contribution in [0.5, 0.6) is 0 Å². The zero-order valence-corrected chi connectivity index (χ0v) is 15.1. The zero-order chi connectivity index (χ0) is 17.6. The van der Waals surface area contributed by atoms with E-state index >= 15 is 0 Å². The summed E-state index contributed by atoms with van der Waals surface area (Å²) in [7, 11) is 0. The maximum Gasteiger partial charge on any atom is 0.267 e. The van der Waals surface area contributed by atoms with E-state index in [1.54, 1.807) is 11.3 Å². The Morgan fingerprint density at radius 1 is 1.19 bits per heavy atom. The summed E-state index contributed by atoms with van der Waals surface area (Å²) in [6, 6.07) is 14.1. The van der Waals surface area contributed by atoms with Crippen molar-refractivity contribution in [3.8, 4) is 10.8 Å². The molecule has 5 nitrogen and oxygen atoms in total. The molecule has 132 valence electrons. The van der Waals surface area contributed by atoms with E-state index in [0.29, 0.717) is 18.3 Å². The van der Waals surface area contributed by atoms with Crippen LogP contribution >= 0.6 is 11.3 Å². The molecule has 26 heavy (non-hydrogen) atoms. The molecule has 1 aliphatic carbocycles. The molecule has 3 heterocycles. The van der Waals surface area contributed by atoms with Gasteiger partial charge in [-0.25, -0.2) is 0 Å². The standard InChI is InChI=1S/C20H19N3O2S/c24-19(20(9-10-20)15-5-2-1-3-6-15)23-11-8-14(13-23)17-21-18(25-22-17)16-7-4-12-26-16/h1-7,12,14H,8-11,13H2. The second-order valence-corrected chi connectivity index (χ2v) is 8.07. The Morgan fingerprint density at radius 2 is 2.04 bits per heavy atom. The number of hydrogen-bond donors (Lipinski definition) is 0. The molecule has 1 amide bonds. The minimum atomic E-state index is -0.296. The topological polar surface area (TPSA) is 59.2 Å². The van der Waals surface area contributed by atoms with Crippen LogP contribution in [0.4, 0.5) is 0 Å². The SMILES string of the molecule is O=C(N1CCC(c2noc(-c3cccs3)n2)C1)C1(c2ccccc2)CC1. The maximum absolute atomic E-state index is 13.2. The summed E-state index contributed by atoms with van der Waals surface area (Å²) < 4.78 is 5.41. The van der Waals surface area contributed by atoms with Gasteiger partial charge in [-0.2, -0.15) is 4.98 Å². The summed E-state index contributed by atoms with van der Waals surface area (Å²) in [6.45, 7) is 1.44. The number of carbonyl (C=O) groups is 1. The Balaban J connectivity index is 1.31. The first-order valence-electron chi connectivity index (χ1n) is 8.99. The Kier molecular flexibility index (Phi) is 3.67. The molecule has 0 bridgehead atoms. The quantitative estimate of drug-likeness (QED) is 0.705. The van der Waals surface area contributed by atoms with Gasteiger partial charge in [-0.15, -0.1) is 11.3 Å². The molecule has 1 aromatic carbocycles. The summed E-state index contributed by atoms with van der Waals surface area (Å²) in [6.07, 6.45) is 2.78. The van der Waals surface area contributed by atoms with E-state index < -0.39 is 0 Å². The van der Waals surface area contributed by atoms with E-state index in [4.69, 9.17) is 4.52 Å². The number of thiophene rings is 1. The van der Waals surface area contributed by atoms with Crippen molar-refractivity contribution in [2.45, 2.75) is 30.6 Å². The number of amides is 1. The van der Waals surface area contributed by atoms with Gasteiger partial charge in [-0.1, -0.05) is 41.6 Å². The minimum absolute atomic E-state index is 0.156. The lowest BCUT2D eigenvalue weighted by Gasteiger charge is -2.23. The van der Waals surface area contributed by atoms with Crippen LogP contribution in [0.15, 0.2) is 52.4 Å². The average molecular weight is 365 g/mol. The third-order valence-corrected chi connectivity index (χ3v) is 6.36. The number of aromatic nitrogens is 2. The van der Waals surface area contributed by atoms with Crippen LogP contribution < -0.4 is 0 Å². The van der Waals surface area contributed by atoms with E-state index in [9.17, 15) is 4.79 Å². The summed E-state index contributed by atoms with van der Waals surface area (Å²) in [4.78, 5) is 20.7. The number of hydrogen-bond acceptors (Lipinski definition) is 5. The van der Waals surface area contributed by atoms with Gasteiger partial charge in [0.1, 0.15) is 0 Å². The van der Waals surface area contributed by atoms with Crippen LogP contribution in [0, 0.1) is 0 Å². The fraction of sp³-hybridized carbons (Fsp3) is 0.350. The summed E-state index contributed by atoms with van der Waals surface area (Å²) >= 11 is 1.59. The summed E-state index contributed by atoms with van der Waals surface area (Å²) in [5.74, 6) is 1.70. The van der Waals surface area contributed by atoms with Gasteiger partial charge in [0.2, 0.25) is 5.91 Å². The van der Waals surface area contributed by atoms with Crippen LogP contribution in [0.3, 0.4) is 0 Å². The van der Waals surface area contributed by atoms with Crippen molar-refractivity contribution >= 4 is 17.2 Å². The highest BCUT2D eigenvalue weighted by Crippen LogP contribution is 2.50. The molecule has 0 radical (unpaired) electrons. The molecule has 5 rings (SSSR count). The third kappa shape index (κ3) is 2.56. The van der Waals surface area contributed by atoms with Gasteiger partial charge in [0, 0.05) is 19.0 Å². The van der Waals surface area contributed by atoms with Gasteiger partial charge in [0.15, 0.2) is 5.82 Å². The van der Waals surface area contributed by atoms with Crippen molar-refractivity contribution in [1.82, 2.24) is 15.0 Å². The monoisotopic (exact) mass is 365 g/mol. The molecule has 0 spiro atoms. The molecule has 1 saturated carbocycles. The maximum atomic E-state index is 13.2. The van der Waals surface area contributed by atoms with E-state index in [-0.39, 0.29) is 17.2 Å². The van der Waals surface area contributed by atoms with Crippen LogP contribution in [0.25, 0.3) is 10.8 Å². The van der Waals surface area contributed by atoms with Crippen molar-refractivity contribution in [2.75, 3.05) is 13.1 Å². The number of carbonyl (C=O) groups excluding carboxylic acids is 1. The highest BCUT2D eigenvalue weighted by Gasteiger charge is 2.53. The van der Waals surface area contributed by atoms with Crippen LogP contribution in [0.1, 0.15) is 36.6 Å². The van der Waals surface area contributed by atoms with E-state index in [2.05, 4.69) is 22.3 Å². The van der Waals surface area contributed by atoms with Crippen molar-refractivity contribution in [2.24, 2.45) is 0 Å². The zero-order valence-electron chi connectivity index (χ0n) is 14.3. The summed E-state index contributed by atoms with van der Waals surface area (Å²) in [5.41, 5.74) is 0.850. The fourth-order valence-corrected chi connectivity index (χ4v) is 4.51. The molecule has 3 aromatic rings. The van der Waals surface area contributed by atoms with Crippen molar-refractivity contribution in [1.29, 1.82) is 0 Å². The van der Waals surface area contributed by atoms with E-state index in [1.165, 1.54) is 0 Å². The van der Waals surface area contributed by atoms with Crippen molar-refractivity contribution in [3.63, 3.8) is 0 Å². The number of benzene rings is 1. The Hall–Kier alpha value is -2.47. The largest absolute Gasteiger partial charge is 0.341 e. The van der Waals surface area contributed by atoms with Gasteiger partial charge < -0.3 is 9.42 Å². The Labute approximate surface area is 155 Å². The van der Waals surface area contributed by atoms with Gasteiger partial charge in [-0.05, 0) is 36.3 Å². The normalized spacial score (nSPS) is 21.1. The first-order valence-corrected chi connectivity index (χ1v) is 9.87. The highest BCUT2D eigenvalue weighted by molar-refractivity contribution is 7.13. The first-order chi connectivity index (χ1) is 12.8. The molecule has 1 atom stereocenters. The molecule has 1 saturated heterocycles. The molecule has 2 aromatic heterocycles. The molecular weight excluding hydrogens is 346 g/mol. The molecule has 0 N–H and O–H groups in total. The van der Waals surface area contributed by atoms with Crippen LogP contribution in [0.2, 0.25) is 0 Å². The van der Waals surface area contributed by atoms with Crippen molar-refractivity contribution < 1.29 is 9.32 Å². The lowest BCUT2D eigenvalue weighted by Crippen LogP contribution is -2.37. The lowest BCUT2D eigenvalue weighted by atomic mass is 9.94. The van der Waals surface area contributed by atoms with E-state index in [0.717, 1.165) is 36.2 Å². The van der Waals surface area contributed by atoms with Crippen LogP contribution in [-0.2, 0) is 10.2 Å². The average Bonchev–Trinajstić information content (AvgIpc) is 3.12. The number of rotatable bonds is 4. The lowest BCUT2D eigenvalue weighted by molar-refractivity contribution is -0.132. The van der Waals surface area contributed by atoms with Crippen molar-refractivity contribution in [3.05, 3.63) is 59.2 Å². The highest BCUT2D eigenvalue weighted by atomic mass is 32.1. The predicted octanol–water partition coefficient (Wildman–Crippen LogP) is 3.85. The predicted molar refractivity (Wildman–Crippen MR) is 98.9 cm³/mol.